The summed E-state index contributed by atoms with van der Waals surface area (Å²) in [6, 6.07) is 16.1. The Hall–Kier alpha value is -1.90. The first-order valence-electron chi connectivity index (χ1n) is 6.03. The molecule has 0 bridgehead atoms. The van der Waals surface area contributed by atoms with E-state index >= 15 is 0 Å². The Morgan fingerprint density at radius 1 is 1.20 bits per heavy atom. The number of aromatic nitrogens is 1. The lowest BCUT2D eigenvalue weighted by Crippen LogP contribution is -1.89. The molecule has 1 heterocycles. The number of hydrogen-bond acceptors (Lipinski definition) is 4. The number of thiazole rings is 1. The summed E-state index contributed by atoms with van der Waals surface area (Å²) in [7, 11) is 0. The third-order valence-corrected chi connectivity index (χ3v) is 4.28. The SMILES string of the molecule is N#CCc1ccc(Nc2nc3cc(Br)ccc3s2)cc1. The average molecular weight is 344 g/mol. The highest BCUT2D eigenvalue weighted by molar-refractivity contribution is 9.10. The maximum atomic E-state index is 8.65. The van der Waals surface area contributed by atoms with Gasteiger partial charge in [-0.05, 0) is 35.9 Å². The standard InChI is InChI=1S/C15H10BrN3S/c16-11-3-6-14-13(9-11)19-15(20-14)18-12-4-1-10(2-5-12)7-8-17/h1-6,9H,7H2,(H,18,19). The molecule has 20 heavy (non-hydrogen) atoms. The summed E-state index contributed by atoms with van der Waals surface area (Å²) in [5.41, 5.74) is 2.98. The number of benzene rings is 2. The van der Waals surface area contributed by atoms with Crippen molar-refractivity contribution < 1.29 is 0 Å². The fourth-order valence-corrected chi connectivity index (χ4v) is 3.09. The third-order valence-electron chi connectivity index (χ3n) is 2.84. The van der Waals surface area contributed by atoms with Gasteiger partial charge in [0.05, 0.1) is 22.7 Å². The normalized spacial score (nSPS) is 10.4. The Morgan fingerprint density at radius 3 is 2.75 bits per heavy atom. The highest BCUT2D eigenvalue weighted by atomic mass is 79.9. The molecule has 1 N–H and O–H groups in total. The van der Waals surface area contributed by atoms with Crippen LogP contribution in [0.15, 0.2) is 46.9 Å². The summed E-state index contributed by atoms with van der Waals surface area (Å²) in [6.45, 7) is 0. The van der Waals surface area contributed by atoms with Crippen molar-refractivity contribution in [2.75, 3.05) is 5.32 Å². The van der Waals surface area contributed by atoms with Gasteiger partial charge in [-0.3, -0.25) is 0 Å². The molecule has 0 amide bonds. The van der Waals surface area contributed by atoms with Gasteiger partial charge in [0.15, 0.2) is 5.13 Å². The van der Waals surface area contributed by atoms with Crippen LogP contribution in [0.2, 0.25) is 0 Å². The summed E-state index contributed by atoms with van der Waals surface area (Å²) in [6.07, 6.45) is 0.440. The minimum Gasteiger partial charge on any atom is -0.332 e. The van der Waals surface area contributed by atoms with Crippen LogP contribution >= 0.6 is 27.3 Å². The van der Waals surface area contributed by atoms with Crippen molar-refractivity contribution in [2.24, 2.45) is 0 Å². The number of hydrogen-bond donors (Lipinski definition) is 1. The van der Waals surface area contributed by atoms with Crippen molar-refractivity contribution in [1.29, 1.82) is 5.26 Å². The van der Waals surface area contributed by atoms with Crippen molar-refractivity contribution in [3.8, 4) is 6.07 Å². The summed E-state index contributed by atoms with van der Waals surface area (Å²) in [5, 5.41) is 12.8. The second-order valence-electron chi connectivity index (χ2n) is 4.29. The number of nitrogens with zero attached hydrogens (tertiary/aromatic N) is 2. The Bertz CT molecular complexity index is 787. The first-order chi connectivity index (χ1) is 9.74. The molecule has 0 atom stereocenters. The lowest BCUT2D eigenvalue weighted by atomic mass is 10.1. The minimum absolute atomic E-state index is 0.440. The monoisotopic (exact) mass is 343 g/mol. The van der Waals surface area contributed by atoms with Crippen LogP contribution < -0.4 is 5.32 Å². The first-order valence-corrected chi connectivity index (χ1v) is 7.64. The summed E-state index contributed by atoms with van der Waals surface area (Å²) < 4.78 is 2.18. The molecule has 98 valence electrons. The van der Waals surface area contributed by atoms with E-state index in [2.05, 4.69) is 38.4 Å². The van der Waals surface area contributed by atoms with Crippen molar-refractivity contribution in [2.45, 2.75) is 6.42 Å². The van der Waals surface area contributed by atoms with E-state index in [4.69, 9.17) is 5.26 Å². The molecule has 0 spiro atoms. The van der Waals surface area contributed by atoms with E-state index in [1.807, 2.05) is 36.4 Å². The lowest BCUT2D eigenvalue weighted by Gasteiger charge is -2.02. The van der Waals surface area contributed by atoms with Crippen LogP contribution in [0.1, 0.15) is 5.56 Å². The van der Waals surface area contributed by atoms with Crippen LogP contribution in [0.25, 0.3) is 10.2 Å². The lowest BCUT2D eigenvalue weighted by molar-refractivity contribution is 1.26. The van der Waals surface area contributed by atoms with Crippen molar-refractivity contribution in [1.82, 2.24) is 4.98 Å². The van der Waals surface area contributed by atoms with Crippen LogP contribution in [-0.2, 0) is 6.42 Å². The molecular weight excluding hydrogens is 334 g/mol. The second-order valence-corrected chi connectivity index (χ2v) is 6.23. The van der Waals surface area contributed by atoms with Crippen LogP contribution in [0.3, 0.4) is 0 Å². The fraction of sp³-hybridized carbons (Fsp3) is 0.0667. The maximum absolute atomic E-state index is 8.65. The van der Waals surface area contributed by atoms with E-state index in [0.717, 1.165) is 31.1 Å². The van der Waals surface area contributed by atoms with Gasteiger partial charge in [0.1, 0.15) is 0 Å². The molecule has 3 rings (SSSR count). The molecule has 0 unspecified atom stereocenters. The van der Waals surface area contributed by atoms with E-state index in [9.17, 15) is 0 Å². The van der Waals surface area contributed by atoms with E-state index in [-0.39, 0.29) is 0 Å². The zero-order valence-corrected chi connectivity index (χ0v) is 12.8. The Balaban J connectivity index is 1.83. The van der Waals surface area contributed by atoms with Gasteiger partial charge in [-0.1, -0.05) is 39.4 Å². The van der Waals surface area contributed by atoms with Crippen LogP contribution in [0.4, 0.5) is 10.8 Å². The molecule has 0 fully saturated rings. The highest BCUT2D eigenvalue weighted by Crippen LogP contribution is 2.30. The zero-order valence-electron chi connectivity index (χ0n) is 10.4. The number of rotatable bonds is 3. The predicted octanol–water partition coefficient (Wildman–Crippen LogP) is 4.87. The molecule has 2 aromatic carbocycles. The molecule has 1 aromatic heterocycles. The number of nitriles is 1. The first kappa shape index (κ1) is 13.1. The molecule has 0 saturated carbocycles. The molecule has 0 saturated heterocycles. The second kappa shape index (κ2) is 5.61. The van der Waals surface area contributed by atoms with E-state index in [1.165, 1.54) is 0 Å². The van der Waals surface area contributed by atoms with E-state index in [1.54, 1.807) is 11.3 Å². The third kappa shape index (κ3) is 2.82. The Labute approximate surface area is 129 Å². The largest absolute Gasteiger partial charge is 0.332 e. The maximum Gasteiger partial charge on any atom is 0.188 e. The average Bonchev–Trinajstić information content (AvgIpc) is 2.82. The number of halogens is 1. The summed E-state index contributed by atoms with van der Waals surface area (Å²) in [4.78, 5) is 4.55. The van der Waals surface area contributed by atoms with Crippen LogP contribution in [0, 0.1) is 11.3 Å². The van der Waals surface area contributed by atoms with Crippen molar-refractivity contribution >= 4 is 48.3 Å². The highest BCUT2D eigenvalue weighted by Gasteiger charge is 2.04. The van der Waals surface area contributed by atoms with Gasteiger partial charge in [0.2, 0.25) is 0 Å². The molecule has 0 radical (unpaired) electrons. The Morgan fingerprint density at radius 2 is 2.00 bits per heavy atom. The topological polar surface area (TPSA) is 48.7 Å². The quantitative estimate of drug-likeness (QED) is 0.737. The van der Waals surface area contributed by atoms with Gasteiger partial charge >= 0.3 is 0 Å². The molecular formula is C15H10BrN3S. The zero-order chi connectivity index (χ0) is 13.9. The smallest absolute Gasteiger partial charge is 0.188 e. The molecule has 0 aliphatic rings. The fourth-order valence-electron chi connectivity index (χ4n) is 1.87. The van der Waals surface area contributed by atoms with Gasteiger partial charge in [0.25, 0.3) is 0 Å². The molecule has 3 nitrogen and oxygen atoms in total. The molecule has 3 aromatic rings. The van der Waals surface area contributed by atoms with Gasteiger partial charge in [-0.2, -0.15) is 5.26 Å². The molecule has 0 aliphatic carbocycles. The molecule has 5 heteroatoms. The Kier molecular flexibility index (Phi) is 3.68. The van der Waals surface area contributed by atoms with Gasteiger partial charge < -0.3 is 5.32 Å². The van der Waals surface area contributed by atoms with Crippen molar-refractivity contribution in [3.05, 3.63) is 52.5 Å². The number of fused-ring (bicyclic) bond motifs is 1. The minimum atomic E-state index is 0.440. The number of nitrogens with one attached hydrogen (secondary N) is 1. The van der Waals surface area contributed by atoms with Crippen molar-refractivity contribution in [3.63, 3.8) is 0 Å². The predicted molar refractivity (Wildman–Crippen MR) is 86.4 cm³/mol. The van der Waals surface area contributed by atoms with Gasteiger partial charge in [-0.25, -0.2) is 4.98 Å². The summed E-state index contributed by atoms with van der Waals surface area (Å²) >= 11 is 5.07. The van der Waals surface area contributed by atoms with E-state index < -0.39 is 0 Å². The van der Waals surface area contributed by atoms with E-state index in [0.29, 0.717) is 6.42 Å². The molecule has 0 aliphatic heterocycles. The van der Waals surface area contributed by atoms with Crippen LogP contribution in [-0.4, -0.2) is 4.98 Å². The van der Waals surface area contributed by atoms with Crippen LogP contribution in [0.5, 0.6) is 0 Å². The number of anilines is 2. The van der Waals surface area contributed by atoms with Gasteiger partial charge in [-0.15, -0.1) is 0 Å². The summed E-state index contributed by atoms with van der Waals surface area (Å²) in [5.74, 6) is 0. The van der Waals surface area contributed by atoms with Gasteiger partial charge in [0, 0.05) is 10.2 Å².